The fourth-order valence-corrected chi connectivity index (χ4v) is 4.77. The number of nitrogens with one attached hydrogen (secondary N) is 1. The third-order valence-electron chi connectivity index (χ3n) is 2.45. The molecule has 0 bridgehead atoms. The molecule has 0 aliphatic heterocycles. The van der Waals surface area contributed by atoms with Crippen LogP contribution in [-0.2, 0) is 17.1 Å². The van der Waals surface area contributed by atoms with Crippen molar-refractivity contribution in [1.29, 1.82) is 0 Å². The highest BCUT2D eigenvalue weighted by atomic mass is 79.9. The van der Waals surface area contributed by atoms with Crippen LogP contribution in [-0.4, -0.2) is 30.5 Å². The molecule has 0 saturated heterocycles. The van der Waals surface area contributed by atoms with Crippen molar-refractivity contribution < 1.29 is 13.2 Å². The average Bonchev–Trinajstić information content (AvgIpc) is 2.68. The topological polar surface area (TPSA) is 86.1 Å². The Bertz CT molecular complexity index is 774. The number of sulfonamides is 1. The van der Waals surface area contributed by atoms with Crippen molar-refractivity contribution in [3.63, 3.8) is 0 Å². The Balaban J connectivity index is 2.52. The molecule has 0 aliphatic carbocycles. The van der Waals surface area contributed by atoms with Gasteiger partial charge in [-0.2, -0.15) is 8.42 Å². The van der Waals surface area contributed by atoms with Crippen LogP contribution in [0.2, 0.25) is 5.02 Å². The van der Waals surface area contributed by atoms with E-state index in [9.17, 15) is 8.42 Å². The first-order chi connectivity index (χ1) is 9.76. The average molecular weight is 461 g/mol. The third-order valence-corrected chi connectivity index (χ3v) is 5.51. The van der Waals surface area contributed by atoms with Gasteiger partial charge in [0.25, 0.3) is 10.0 Å². The SMILES string of the molecule is COc1c(Br)cc(Cl)cc1NS(=O)(=O)c1c(Br)nnn1C. The van der Waals surface area contributed by atoms with E-state index >= 15 is 0 Å². The molecule has 1 N–H and O–H groups in total. The molecule has 1 aromatic carbocycles. The number of aryl methyl sites for hydroxylation is 1. The molecule has 114 valence electrons. The van der Waals surface area contributed by atoms with Crippen molar-refractivity contribution in [2.24, 2.45) is 7.05 Å². The van der Waals surface area contributed by atoms with Gasteiger partial charge in [0, 0.05) is 12.1 Å². The van der Waals surface area contributed by atoms with Crippen molar-refractivity contribution in [3.8, 4) is 5.75 Å². The Hall–Kier alpha value is -0.840. The lowest BCUT2D eigenvalue weighted by Crippen LogP contribution is -2.17. The molecule has 0 spiro atoms. The minimum Gasteiger partial charge on any atom is -0.493 e. The maximum Gasteiger partial charge on any atom is 0.282 e. The molecular weight excluding hydrogens is 451 g/mol. The molecule has 7 nitrogen and oxygen atoms in total. The predicted molar refractivity (Wildman–Crippen MR) is 85.2 cm³/mol. The molecule has 0 saturated carbocycles. The predicted octanol–water partition coefficient (Wildman–Crippen LogP) is 2.80. The van der Waals surface area contributed by atoms with Gasteiger partial charge in [0.1, 0.15) is 0 Å². The van der Waals surface area contributed by atoms with E-state index in [4.69, 9.17) is 16.3 Å². The lowest BCUT2D eigenvalue weighted by molar-refractivity contribution is 0.414. The zero-order valence-corrected chi connectivity index (χ0v) is 15.5. The van der Waals surface area contributed by atoms with Gasteiger partial charge < -0.3 is 4.74 Å². The number of methoxy groups -OCH3 is 1. The largest absolute Gasteiger partial charge is 0.493 e. The molecule has 0 atom stereocenters. The van der Waals surface area contributed by atoms with E-state index < -0.39 is 10.0 Å². The van der Waals surface area contributed by atoms with Gasteiger partial charge in [-0.25, -0.2) is 4.68 Å². The molecule has 2 aromatic rings. The monoisotopic (exact) mass is 458 g/mol. The second kappa shape index (κ2) is 6.11. The number of hydrogen-bond donors (Lipinski definition) is 1. The molecule has 0 fully saturated rings. The smallest absolute Gasteiger partial charge is 0.282 e. The molecule has 0 unspecified atom stereocenters. The molecule has 2 rings (SSSR count). The van der Waals surface area contributed by atoms with Gasteiger partial charge in [-0.3, -0.25) is 4.72 Å². The molecule has 1 aromatic heterocycles. The Kier molecular flexibility index (Phi) is 4.81. The van der Waals surface area contributed by atoms with Crippen LogP contribution >= 0.6 is 43.5 Å². The highest BCUT2D eigenvalue weighted by Gasteiger charge is 2.25. The summed E-state index contributed by atoms with van der Waals surface area (Å²) < 4.78 is 34.2. The number of hydrogen-bond acceptors (Lipinski definition) is 5. The van der Waals surface area contributed by atoms with E-state index in [0.717, 1.165) is 4.68 Å². The zero-order chi connectivity index (χ0) is 15.8. The molecule has 0 aliphatic rings. The van der Waals surface area contributed by atoms with Crippen LogP contribution in [0.15, 0.2) is 26.2 Å². The number of ether oxygens (including phenoxy) is 1. The van der Waals surface area contributed by atoms with Gasteiger partial charge in [-0.15, -0.1) is 5.10 Å². The summed E-state index contributed by atoms with van der Waals surface area (Å²) in [4.78, 5) is 0. The first kappa shape index (κ1) is 16.5. The summed E-state index contributed by atoms with van der Waals surface area (Å²) in [5.41, 5.74) is 0.199. The fraction of sp³-hybridized carbons (Fsp3) is 0.200. The number of benzene rings is 1. The van der Waals surface area contributed by atoms with Gasteiger partial charge in [0.05, 0.1) is 17.3 Å². The summed E-state index contributed by atoms with van der Waals surface area (Å²) >= 11 is 12.2. The Morgan fingerprint density at radius 2 is 2.05 bits per heavy atom. The van der Waals surface area contributed by atoms with Crippen LogP contribution in [0.5, 0.6) is 5.75 Å². The Morgan fingerprint density at radius 1 is 1.38 bits per heavy atom. The molecule has 0 radical (unpaired) electrons. The second-order valence-corrected chi connectivity index (χ2v) is 7.52. The van der Waals surface area contributed by atoms with Gasteiger partial charge in [0.15, 0.2) is 10.4 Å². The summed E-state index contributed by atoms with van der Waals surface area (Å²) in [7, 11) is -1.02. The molecular formula is C10H9Br2ClN4O3S. The number of halogens is 3. The van der Waals surface area contributed by atoms with E-state index in [1.807, 2.05) is 0 Å². The van der Waals surface area contributed by atoms with E-state index in [1.54, 1.807) is 6.07 Å². The Labute approximate surface area is 142 Å². The summed E-state index contributed by atoms with van der Waals surface area (Å²) in [5, 5.41) is 7.52. The van der Waals surface area contributed by atoms with Crippen LogP contribution in [0.4, 0.5) is 5.69 Å². The fourth-order valence-electron chi connectivity index (χ4n) is 1.64. The van der Waals surface area contributed by atoms with Gasteiger partial charge in [-0.05, 0) is 44.0 Å². The van der Waals surface area contributed by atoms with Crippen LogP contribution in [0.25, 0.3) is 0 Å². The molecule has 11 heteroatoms. The first-order valence-electron chi connectivity index (χ1n) is 5.37. The van der Waals surface area contributed by atoms with Gasteiger partial charge in [-0.1, -0.05) is 16.8 Å². The van der Waals surface area contributed by atoms with E-state index in [0.29, 0.717) is 15.2 Å². The normalized spacial score (nSPS) is 11.5. The number of anilines is 1. The van der Waals surface area contributed by atoms with Gasteiger partial charge >= 0.3 is 0 Å². The maximum absolute atomic E-state index is 12.4. The minimum absolute atomic E-state index is 0.109. The maximum atomic E-state index is 12.4. The van der Waals surface area contributed by atoms with Crippen LogP contribution in [0.1, 0.15) is 0 Å². The first-order valence-corrected chi connectivity index (χ1v) is 8.82. The van der Waals surface area contributed by atoms with Crippen molar-refractivity contribution in [3.05, 3.63) is 26.2 Å². The third kappa shape index (κ3) is 3.33. The number of rotatable bonds is 4. The van der Waals surface area contributed by atoms with Crippen molar-refractivity contribution in [2.75, 3.05) is 11.8 Å². The highest BCUT2D eigenvalue weighted by Crippen LogP contribution is 2.37. The summed E-state index contributed by atoms with van der Waals surface area (Å²) in [5.74, 6) is 0.314. The van der Waals surface area contributed by atoms with Crippen molar-refractivity contribution in [1.82, 2.24) is 15.0 Å². The Morgan fingerprint density at radius 3 is 2.57 bits per heavy atom. The summed E-state index contributed by atoms with van der Waals surface area (Å²) in [6, 6.07) is 3.04. The van der Waals surface area contributed by atoms with Crippen LogP contribution < -0.4 is 9.46 Å². The standard InChI is InChI=1S/C10H9Br2ClN4O3S/c1-17-10(9(12)14-16-17)21(18,19)15-7-4-5(13)3-6(11)8(7)20-2/h3-4,15H,1-2H3. The highest BCUT2D eigenvalue weighted by molar-refractivity contribution is 9.10. The molecule has 21 heavy (non-hydrogen) atoms. The minimum atomic E-state index is -3.92. The van der Waals surface area contributed by atoms with E-state index in [1.165, 1.54) is 20.2 Å². The van der Waals surface area contributed by atoms with Crippen LogP contribution in [0.3, 0.4) is 0 Å². The van der Waals surface area contributed by atoms with Gasteiger partial charge in [0.2, 0.25) is 5.03 Å². The van der Waals surface area contributed by atoms with E-state index in [-0.39, 0.29) is 15.3 Å². The lowest BCUT2D eigenvalue weighted by atomic mass is 10.3. The summed E-state index contributed by atoms with van der Waals surface area (Å²) in [6.45, 7) is 0. The number of aromatic nitrogens is 3. The quantitative estimate of drug-likeness (QED) is 0.758. The summed E-state index contributed by atoms with van der Waals surface area (Å²) in [6.07, 6.45) is 0. The van der Waals surface area contributed by atoms with Crippen LogP contribution in [0, 0.1) is 0 Å². The van der Waals surface area contributed by atoms with Crippen molar-refractivity contribution in [2.45, 2.75) is 5.03 Å². The molecule has 1 heterocycles. The lowest BCUT2D eigenvalue weighted by Gasteiger charge is -2.13. The zero-order valence-electron chi connectivity index (χ0n) is 10.8. The number of nitrogens with zero attached hydrogens (tertiary/aromatic N) is 3. The molecule has 0 amide bonds. The van der Waals surface area contributed by atoms with E-state index in [2.05, 4.69) is 46.9 Å². The second-order valence-electron chi connectivity index (χ2n) is 3.88. The van der Waals surface area contributed by atoms with Crippen molar-refractivity contribution >= 4 is 59.2 Å².